The third-order valence-electron chi connectivity index (χ3n) is 24.0. The normalized spacial score (nSPS) is 12.4. The van der Waals surface area contributed by atoms with Gasteiger partial charge in [0.25, 0.3) is 6.71 Å². The Balaban J connectivity index is 0.870. The Morgan fingerprint density at radius 1 is 0.221 bits per heavy atom. The highest BCUT2D eigenvalue weighted by atomic mass is 15.2. The number of benzene rings is 17. The van der Waals surface area contributed by atoms with Crippen molar-refractivity contribution >= 4 is 101 Å². The largest absolute Gasteiger partial charge is 0.310 e. The number of anilines is 6. The summed E-state index contributed by atoms with van der Waals surface area (Å²) in [6.45, 7) is 11.8. The van der Waals surface area contributed by atoms with Gasteiger partial charge in [-0.2, -0.15) is 0 Å². The second-order valence-corrected chi connectivity index (χ2v) is 31.6. The van der Waals surface area contributed by atoms with Gasteiger partial charge in [0.2, 0.25) is 0 Å². The Hall–Kier alpha value is -14.0. The minimum absolute atomic E-state index is 0.241. The summed E-state index contributed by atoms with van der Waals surface area (Å²) in [6, 6.07) is 145. The molecule has 0 atom stereocenters. The molecule has 17 aromatic carbocycles. The van der Waals surface area contributed by atoms with Crippen LogP contribution in [0.15, 0.2) is 388 Å². The van der Waals surface area contributed by atoms with Crippen molar-refractivity contribution in [3.63, 3.8) is 0 Å². The molecule has 0 N–H and O–H groups in total. The lowest BCUT2D eigenvalue weighted by atomic mass is 9.33. The molecule has 0 radical (unpaired) electrons. The Bertz CT molecular complexity index is 6370. The lowest BCUT2D eigenvalue weighted by Crippen LogP contribution is -2.62. The number of hydrogen-bond acceptors (Lipinski definition) is 2. The molecule has 4 nitrogen and oxygen atoms in total. The molecule has 534 valence electrons. The van der Waals surface area contributed by atoms with E-state index < -0.39 is 0 Å². The van der Waals surface area contributed by atoms with Crippen molar-refractivity contribution in [2.75, 3.05) is 9.80 Å². The van der Waals surface area contributed by atoms with Gasteiger partial charge in [0, 0.05) is 55.4 Å². The number of hydrogen-bond donors (Lipinski definition) is 0. The molecule has 19 aromatic rings. The second kappa shape index (κ2) is 26.9. The van der Waals surface area contributed by atoms with Crippen LogP contribution in [0.1, 0.15) is 37.5 Å². The van der Waals surface area contributed by atoms with Gasteiger partial charge >= 0.3 is 0 Å². The summed E-state index contributed by atoms with van der Waals surface area (Å²) in [5, 5.41) is 4.82. The summed E-state index contributed by atoms with van der Waals surface area (Å²) in [6.07, 6.45) is 0. The Morgan fingerprint density at radius 3 is 0.805 bits per heavy atom. The van der Waals surface area contributed by atoms with Gasteiger partial charge in [-0.1, -0.05) is 312 Å². The standard InChI is InChI=1S/C108H79BN4/c1-70-95(110-99-56-50-80(74-34-16-8-17-35-74)64-89(99)90-65-81(51-57-100(90)110)75-36-18-9-19-37-75)60-54-93-106(70)112(97-48-26-24-46-87(97)84-44-28-42-78(62-84)72-30-12-6-13-31-72)103-68-86(108(3,4)5)69-104-105(103)109(93)94-55-61-96(71(2)107(94)113(104)98-49-27-25-47-88(98)85-45-29-43-79(63-85)73-32-14-7-15-33-73)111-101-58-52-82(76-38-20-10-21-39-76)66-91(101)92-67-83(53-59-102(92)111)77-40-22-11-23-41-77/h6-69H,1-5H3. The molecular weight excluding hydrogens is 1360 g/mol. The van der Waals surface area contributed by atoms with Crippen molar-refractivity contribution in [3.05, 3.63) is 405 Å². The average molecular weight is 1440 g/mol. The number of aromatic nitrogens is 2. The molecule has 0 bridgehead atoms. The maximum Gasteiger partial charge on any atom is 0.252 e. The highest BCUT2D eigenvalue weighted by Crippen LogP contribution is 2.54. The minimum atomic E-state index is -0.319. The van der Waals surface area contributed by atoms with Gasteiger partial charge in [-0.05, 0) is 227 Å². The van der Waals surface area contributed by atoms with E-state index in [1.807, 2.05) is 0 Å². The molecule has 0 unspecified atom stereocenters. The molecule has 2 aromatic heterocycles. The molecule has 21 rings (SSSR count). The number of fused-ring (bicyclic) bond motifs is 10. The van der Waals surface area contributed by atoms with E-state index in [0.29, 0.717) is 0 Å². The molecular formula is C108H79BN4. The van der Waals surface area contributed by atoms with Crippen LogP contribution in [0.5, 0.6) is 0 Å². The van der Waals surface area contributed by atoms with Crippen molar-refractivity contribution in [1.82, 2.24) is 9.13 Å². The van der Waals surface area contributed by atoms with Crippen LogP contribution in [0, 0.1) is 13.8 Å². The van der Waals surface area contributed by atoms with E-state index in [0.717, 1.165) is 78.4 Å². The second-order valence-electron chi connectivity index (χ2n) is 31.6. The van der Waals surface area contributed by atoms with Crippen LogP contribution < -0.4 is 26.2 Å². The molecule has 2 aliphatic heterocycles. The van der Waals surface area contributed by atoms with E-state index in [-0.39, 0.29) is 12.1 Å². The lowest BCUT2D eigenvalue weighted by Gasteiger charge is -2.47. The van der Waals surface area contributed by atoms with Gasteiger partial charge in [0.05, 0.1) is 44.8 Å². The third-order valence-corrected chi connectivity index (χ3v) is 24.0. The van der Waals surface area contributed by atoms with Crippen LogP contribution in [-0.2, 0) is 5.41 Å². The molecule has 0 saturated carbocycles. The van der Waals surface area contributed by atoms with Gasteiger partial charge in [-0.15, -0.1) is 0 Å². The Morgan fingerprint density at radius 2 is 0.496 bits per heavy atom. The Kier molecular flexibility index (Phi) is 16.0. The zero-order chi connectivity index (χ0) is 75.6. The van der Waals surface area contributed by atoms with Crippen LogP contribution >= 0.6 is 0 Å². The summed E-state index contributed by atoms with van der Waals surface area (Å²) in [5.74, 6) is 0. The summed E-state index contributed by atoms with van der Waals surface area (Å²) < 4.78 is 5.13. The number of para-hydroxylation sites is 2. The minimum Gasteiger partial charge on any atom is -0.310 e. The fourth-order valence-corrected chi connectivity index (χ4v) is 18.5. The van der Waals surface area contributed by atoms with Gasteiger partial charge < -0.3 is 18.9 Å². The van der Waals surface area contributed by atoms with E-state index in [1.165, 1.54) is 133 Å². The van der Waals surface area contributed by atoms with Crippen molar-refractivity contribution in [2.24, 2.45) is 0 Å². The highest BCUT2D eigenvalue weighted by molar-refractivity contribution is 7.00. The fraction of sp³-hybridized carbons (Fsp3) is 0.0556. The molecule has 0 amide bonds. The monoisotopic (exact) mass is 1440 g/mol. The zero-order valence-corrected chi connectivity index (χ0v) is 63.8. The molecule has 0 aliphatic carbocycles. The summed E-state index contributed by atoms with van der Waals surface area (Å²) in [7, 11) is 0. The molecule has 113 heavy (non-hydrogen) atoms. The average Bonchev–Trinajstić information content (AvgIpc) is 0.826. The van der Waals surface area contributed by atoms with E-state index >= 15 is 0 Å². The van der Waals surface area contributed by atoms with E-state index in [4.69, 9.17) is 0 Å². The van der Waals surface area contributed by atoms with E-state index in [9.17, 15) is 0 Å². The Labute approximate surface area is 660 Å². The number of nitrogens with zero attached hydrogens (tertiary/aromatic N) is 4. The topological polar surface area (TPSA) is 16.3 Å². The maximum absolute atomic E-state index is 2.70. The van der Waals surface area contributed by atoms with Crippen molar-refractivity contribution in [3.8, 4) is 100 Å². The van der Waals surface area contributed by atoms with Crippen LogP contribution in [-0.4, -0.2) is 15.8 Å². The molecule has 0 saturated heterocycles. The highest BCUT2D eigenvalue weighted by Gasteiger charge is 2.47. The van der Waals surface area contributed by atoms with Crippen molar-refractivity contribution in [1.29, 1.82) is 0 Å². The SMILES string of the molecule is Cc1c(-n2c3ccc(-c4ccccc4)cc3c3cc(-c4ccccc4)ccc32)ccc2c1N(c1ccccc1-c1cccc(-c3ccccc3)c1)c1cc(C(C)(C)C)cc3c1B2c1ccc(-n2c4ccc(-c5ccccc5)cc4c4cc(-c5ccccc5)ccc42)c(C)c1N3c1ccccc1-c1cccc(-c2ccccc2)c1. The quantitative estimate of drug-likeness (QED) is 0.113. The van der Waals surface area contributed by atoms with Crippen molar-refractivity contribution in [2.45, 2.75) is 40.0 Å². The smallest absolute Gasteiger partial charge is 0.252 e. The predicted molar refractivity (Wildman–Crippen MR) is 481 cm³/mol. The van der Waals surface area contributed by atoms with Gasteiger partial charge in [0.15, 0.2) is 0 Å². The summed E-state index contributed by atoms with van der Waals surface area (Å²) >= 11 is 0. The molecule has 0 fully saturated rings. The first kappa shape index (κ1) is 67.1. The third kappa shape index (κ3) is 11.2. The lowest BCUT2D eigenvalue weighted by molar-refractivity contribution is 0.590. The predicted octanol–water partition coefficient (Wildman–Crippen LogP) is 27.2. The van der Waals surface area contributed by atoms with Crippen LogP contribution in [0.3, 0.4) is 0 Å². The molecule has 0 spiro atoms. The molecule has 4 heterocycles. The zero-order valence-electron chi connectivity index (χ0n) is 63.8. The van der Waals surface area contributed by atoms with E-state index in [2.05, 4.69) is 442 Å². The van der Waals surface area contributed by atoms with E-state index in [1.54, 1.807) is 0 Å². The maximum atomic E-state index is 2.70. The van der Waals surface area contributed by atoms with Gasteiger partial charge in [0.1, 0.15) is 0 Å². The van der Waals surface area contributed by atoms with Crippen molar-refractivity contribution < 1.29 is 0 Å². The number of rotatable bonds is 12. The molecule has 5 heteroatoms. The first-order valence-corrected chi connectivity index (χ1v) is 39.5. The molecule has 2 aliphatic rings. The summed E-state index contributed by atoms with van der Waals surface area (Å²) in [5.41, 5.74) is 39.5. The van der Waals surface area contributed by atoms with Gasteiger partial charge in [-0.25, -0.2) is 0 Å². The van der Waals surface area contributed by atoms with Gasteiger partial charge in [-0.3, -0.25) is 0 Å². The fourth-order valence-electron chi connectivity index (χ4n) is 18.5. The first-order chi connectivity index (χ1) is 55.5. The van der Waals surface area contributed by atoms with Crippen LogP contribution in [0.4, 0.5) is 34.1 Å². The first-order valence-electron chi connectivity index (χ1n) is 39.5. The summed E-state index contributed by atoms with van der Waals surface area (Å²) in [4.78, 5) is 5.40. The van der Waals surface area contributed by atoms with Crippen LogP contribution in [0.2, 0.25) is 0 Å². The van der Waals surface area contributed by atoms with Crippen LogP contribution in [0.25, 0.3) is 144 Å².